The highest BCUT2D eigenvalue weighted by Crippen LogP contribution is 2.14. The Hall–Kier alpha value is -2.63. The first-order valence-corrected chi connectivity index (χ1v) is 23.1. The molecule has 1 unspecified atom stereocenters. The second-order valence-corrected chi connectivity index (χ2v) is 15.3. The minimum Gasteiger partial charge on any atom is -0.462 e. The van der Waals surface area contributed by atoms with E-state index in [1.54, 1.807) is 0 Å². The highest BCUT2D eigenvalue weighted by atomic mass is 16.6. The number of ether oxygens (including phenoxy) is 3. The summed E-state index contributed by atoms with van der Waals surface area (Å²) in [6.07, 6.45) is 50.9. The van der Waals surface area contributed by atoms with E-state index in [9.17, 15) is 14.4 Å². The van der Waals surface area contributed by atoms with E-state index in [4.69, 9.17) is 14.2 Å². The summed E-state index contributed by atoms with van der Waals surface area (Å²) in [6, 6.07) is 0. The molecule has 0 bridgehead atoms. The van der Waals surface area contributed by atoms with E-state index < -0.39 is 6.10 Å². The van der Waals surface area contributed by atoms with Crippen molar-refractivity contribution in [2.24, 2.45) is 0 Å². The zero-order valence-corrected chi connectivity index (χ0v) is 36.2. The summed E-state index contributed by atoms with van der Waals surface area (Å²) >= 11 is 0. The van der Waals surface area contributed by atoms with Gasteiger partial charge in [0, 0.05) is 19.3 Å². The Morgan fingerprint density at radius 1 is 0.382 bits per heavy atom. The van der Waals surface area contributed by atoms with Crippen molar-refractivity contribution in [1.29, 1.82) is 0 Å². The van der Waals surface area contributed by atoms with Crippen molar-refractivity contribution in [3.05, 3.63) is 48.6 Å². The smallest absolute Gasteiger partial charge is 0.306 e. The van der Waals surface area contributed by atoms with Crippen LogP contribution in [-0.4, -0.2) is 37.2 Å². The zero-order chi connectivity index (χ0) is 40.1. The van der Waals surface area contributed by atoms with E-state index in [0.29, 0.717) is 19.3 Å². The van der Waals surface area contributed by atoms with Gasteiger partial charge in [-0.25, -0.2) is 0 Å². The van der Waals surface area contributed by atoms with Gasteiger partial charge in [-0.3, -0.25) is 14.4 Å². The molecular formula is C49H86O6. The molecule has 6 nitrogen and oxygen atoms in total. The van der Waals surface area contributed by atoms with Crippen LogP contribution >= 0.6 is 0 Å². The van der Waals surface area contributed by atoms with E-state index in [0.717, 1.165) is 96.3 Å². The second kappa shape index (κ2) is 44.1. The van der Waals surface area contributed by atoms with E-state index >= 15 is 0 Å². The number of allylic oxidation sites excluding steroid dienone is 8. The number of rotatable bonds is 41. The first-order chi connectivity index (χ1) is 27.0. The van der Waals surface area contributed by atoms with Gasteiger partial charge in [0.2, 0.25) is 0 Å². The van der Waals surface area contributed by atoms with Crippen molar-refractivity contribution >= 4 is 17.9 Å². The Balaban J connectivity index is 4.41. The molecule has 0 aromatic heterocycles. The van der Waals surface area contributed by atoms with Crippen LogP contribution in [0.25, 0.3) is 0 Å². The average Bonchev–Trinajstić information content (AvgIpc) is 3.18. The monoisotopic (exact) mass is 771 g/mol. The van der Waals surface area contributed by atoms with E-state index in [-0.39, 0.29) is 31.1 Å². The average molecular weight is 771 g/mol. The minimum absolute atomic E-state index is 0.0835. The molecule has 0 heterocycles. The Bertz CT molecular complexity index is 980. The predicted molar refractivity (Wildman–Crippen MR) is 233 cm³/mol. The third-order valence-electron chi connectivity index (χ3n) is 9.82. The van der Waals surface area contributed by atoms with Gasteiger partial charge in [0.15, 0.2) is 6.10 Å². The first-order valence-electron chi connectivity index (χ1n) is 23.1. The van der Waals surface area contributed by atoms with Crippen LogP contribution in [-0.2, 0) is 28.6 Å². The van der Waals surface area contributed by atoms with Crippen molar-refractivity contribution < 1.29 is 28.6 Å². The molecule has 0 aliphatic carbocycles. The number of carbonyl (C=O) groups is 3. The molecule has 0 rings (SSSR count). The van der Waals surface area contributed by atoms with Gasteiger partial charge >= 0.3 is 17.9 Å². The molecule has 0 saturated carbocycles. The molecule has 0 amide bonds. The van der Waals surface area contributed by atoms with Crippen molar-refractivity contribution in [2.75, 3.05) is 13.2 Å². The molecule has 0 aromatic rings. The summed E-state index contributed by atoms with van der Waals surface area (Å²) in [5, 5.41) is 0. The quantitative estimate of drug-likeness (QED) is 0.0267. The Labute approximate surface area is 339 Å². The van der Waals surface area contributed by atoms with Crippen molar-refractivity contribution in [1.82, 2.24) is 0 Å². The maximum Gasteiger partial charge on any atom is 0.306 e. The van der Waals surface area contributed by atoms with Gasteiger partial charge in [0.05, 0.1) is 0 Å². The molecule has 0 aliphatic rings. The molecule has 0 saturated heterocycles. The fraction of sp³-hybridized carbons (Fsp3) is 0.776. The molecule has 0 aliphatic heterocycles. The standard InChI is InChI=1S/C49H86O6/c1-4-7-10-13-16-19-22-24-25-28-30-33-36-39-42-48(51)54-45-46(44-53-47(50)41-38-35-32-29-26-21-18-15-12-9-6-3)55-49(52)43-40-37-34-31-27-23-20-17-14-11-8-5-2/h7,10,15-16,18-19,24-25,46H,4-6,8-9,11-14,17,20-23,26-45H2,1-3H3/b10-7-,18-15-,19-16-,25-24-. The molecule has 0 aromatic carbocycles. The number of unbranched alkanes of at least 4 members (excludes halogenated alkanes) is 22. The maximum atomic E-state index is 12.7. The SMILES string of the molecule is CC/C=C\C/C=C\C/C=C\CCCCCCC(=O)OCC(COC(=O)CCCCCCC/C=C\CCCC)OC(=O)CCCCCCCCCCCCCC. The highest BCUT2D eigenvalue weighted by molar-refractivity contribution is 5.71. The summed E-state index contributed by atoms with van der Waals surface area (Å²) in [5.74, 6) is -0.915. The molecule has 1 atom stereocenters. The molecule has 0 radical (unpaired) electrons. The lowest BCUT2D eigenvalue weighted by Gasteiger charge is -2.18. The van der Waals surface area contributed by atoms with Crippen molar-refractivity contribution in [3.8, 4) is 0 Å². The van der Waals surface area contributed by atoms with E-state index in [2.05, 4.69) is 69.4 Å². The van der Waals surface area contributed by atoms with Crippen molar-refractivity contribution in [2.45, 2.75) is 232 Å². The first kappa shape index (κ1) is 52.4. The lowest BCUT2D eigenvalue weighted by Crippen LogP contribution is -2.30. The van der Waals surface area contributed by atoms with Crippen LogP contribution < -0.4 is 0 Å². The van der Waals surface area contributed by atoms with Crippen LogP contribution in [0.15, 0.2) is 48.6 Å². The Morgan fingerprint density at radius 3 is 1.18 bits per heavy atom. The maximum absolute atomic E-state index is 12.7. The van der Waals surface area contributed by atoms with Gasteiger partial charge in [-0.05, 0) is 70.6 Å². The Kier molecular flexibility index (Phi) is 42.0. The van der Waals surface area contributed by atoms with E-state index in [1.807, 2.05) is 0 Å². The summed E-state index contributed by atoms with van der Waals surface area (Å²) in [5.41, 5.74) is 0. The lowest BCUT2D eigenvalue weighted by molar-refractivity contribution is -0.167. The molecule has 0 N–H and O–H groups in total. The summed E-state index contributed by atoms with van der Waals surface area (Å²) < 4.78 is 16.7. The lowest BCUT2D eigenvalue weighted by atomic mass is 10.0. The summed E-state index contributed by atoms with van der Waals surface area (Å²) in [4.78, 5) is 37.7. The van der Waals surface area contributed by atoms with Gasteiger partial charge in [0.1, 0.15) is 13.2 Å². The second-order valence-electron chi connectivity index (χ2n) is 15.3. The largest absolute Gasteiger partial charge is 0.462 e. The molecular weight excluding hydrogens is 685 g/mol. The predicted octanol–water partition coefficient (Wildman–Crippen LogP) is 14.8. The highest BCUT2D eigenvalue weighted by Gasteiger charge is 2.19. The van der Waals surface area contributed by atoms with Crippen LogP contribution in [0, 0.1) is 0 Å². The van der Waals surface area contributed by atoms with Crippen LogP contribution in [0.2, 0.25) is 0 Å². The van der Waals surface area contributed by atoms with E-state index in [1.165, 1.54) is 89.9 Å². The molecule has 0 fully saturated rings. The molecule has 318 valence electrons. The zero-order valence-electron chi connectivity index (χ0n) is 36.2. The fourth-order valence-electron chi connectivity index (χ4n) is 6.32. The van der Waals surface area contributed by atoms with Gasteiger partial charge in [-0.2, -0.15) is 0 Å². The topological polar surface area (TPSA) is 78.9 Å². The van der Waals surface area contributed by atoms with Crippen LogP contribution in [0.5, 0.6) is 0 Å². The van der Waals surface area contributed by atoms with Crippen LogP contribution in [0.4, 0.5) is 0 Å². The third kappa shape index (κ3) is 42.4. The van der Waals surface area contributed by atoms with Gasteiger partial charge < -0.3 is 14.2 Å². The van der Waals surface area contributed by atoms with Crippen LogP contribution in [0.3, 0.4) is 0 Å². The summed E-state index contributed by atoms with van der Waals surface area (Å²) in [7, 11) is 0. The molecule has 55 heavy (non-hydrogen) atoms. The summed E-state index contributed by atoms with van der Waals surface area (Å²) in [6.45, 7) is 6.45. The normalized spacial score (nSPS) is 12.4. The number of carbonyl (C=O) groups excluding carboxylic acids is 3. The van der Waals surface area contributed by atoms with Gasteiger partial charge in [0.25, 0.3) is 0 Å². The number of esters is 3. The van der Waals surface area contributed by atoms with Gasteiger partial charge in [-0.1, -0.05) is 185 Å². The van der Waals surface area contributed by atoms with Crippen LogP contribution in [0.1, 0.15) is 226 Å². The Morgan fingerprint density at radius 2 is 0.727 bits per heavy atom. The number of hydrogen-bond donors (Lipinski definition) is 0. The number of hydrogen-bond acceptors (Lipinski definition) is 6. The minimum atomic E-state index is -0.780. The van der Waals surface area contributed by atoms with Gasteiger partial charge in [-0.15, -0.1) is 0 Å². The molecule has 6 heteroatoms. The molecule has 0 spiro atoms. The van der Waals surface area contributed by atoms with Crippen molar-refractivity contribution in [3.63, 3.8) is 0 Å². The fourth-order valence-corrected chi connectivity index (χ4v) is 6.32. The third-order valence-corrected chi connectivity index (χ3v) is 9.82.